The molecule has 0 saturated heterocycles. The molecule has 1 aromatic carbocycles. The van der Waals surface area contributed by atoms with Crippen LogP contribution in [0.15, 0.2) is 23.1 Å². The second kappa shape index (κ2) is 5.49. The van der Waals surface area contributed by atoms with Crippen molar-refractivity contribution in [2.45, 2.75) is 4.90 Å². The normalized spacial score (nSPS) is 10.9. The molecule has 2 N–H and O–H groups in total. The number of benzene rings is 1. The molecular weight excluding hydrogens is 216 g/mol. The standard InChI is InChI=1S/C10H15ClN2S/c1-13(2)5-6-14-10-4-3-8(12)7-9(10)11/h3-4,7H,5-6,12H2,1-2H3. The summed E-state index contributed by atoms with van der Waals surface area (Å²) in [4.78, 5) is 3.25. The van der Waals surface area contributed by atoms with Crippen molar-refractivity contribution in [3.8, 4) is 0 Å². The van der Waals surface area contributed by atoms with Crippen LogP contribution in [0.2, 0.25) is 5.02 Å². The van der Waals surface area contributed by atoms with Crippen LogP contribution < -0.4 is 5.73 Å². The number of nitrogens with zero attached hydrogens (tertiary/aromatic N) is 1. The molecule has 0 aromatic heterocycles. The van der Waals surface area contributed by atoms with E-state index in [2.05, 4.69) is 19.0 Å². The number of anilines is 1. The average molecular weight is 231 g/mol. The van der Waals surface area contributed by atoms with Crippen LogP contribution in [0.1, 0.15) is 0 Å². The summed E-state index contributed by atoms with van der Waals surface area (Å²) in [7, 11) is 4.12. The van der Waals surface area contributed by atoms with E-state index < -0.39 is 0 Å². The molecule has 4 heteroatoms. The lowest BCUT2D eigenvalue weighted by atomic mass is 10.3. The molecule has 14 heavy (non-hydrogen) atoms. The zero-order chi connectivity index (χ0) is 10.6. The van der Waals surface area contributed by atoms with Gasteiger partial charge in [-0.05, 0) is 32.3 Å². The van der Waals surface area contributed by atoms with E-state index in [1.165, 1.54) is 0 Å². The maximum Gasteiger partial charge on any atom is 0.0562 e. The molecule has 0 aliphatic rings. The highest BCUT2D eigenvalue weighted by molar-refractivity contribution is 7.99. The Balaban J connectivity index is 2.51. The molecule has 0 aliphatic carbocycles. The minimum Gasteiger partial charge on any atom is -0.399 e. The number of halogens is 1. The quantitative estimate of drug-likeness (QED) is 0.637. The summed E-state index contributed by atoms with van der Waals surface area (Å²) in [5.74, 6) is 1.04. The summed E-state index contributed by atoms with van der Waals surface area (Å²) in [6, 6.07) is 5.64. The van der Waals surface area contributed by atoms with Crippen LogP contribution in [0.25, 0.3) is 0 Å². The van der Waals surface area contributed by atoms with Crippen LogP contribution in [-0.4, -0.2) is 31.3 Å². The maximum atomic E-state index is 6.03. The molecule has 0 radical (unpaired) electrons. The zero-order valence-corrected chi connectivity index (χ0v) is 10.0. The summed E-state index contributed by atoms with van der Waals surface area (Å²) in [6.45, 7) is 1.05. The van der Waals surface area contributed by atoms with Gasteiger partial charge in [0.15, 0.2) is 0 Å². The predicted octanol–water partition coefficient (Wildman–Crippen LogP) is 2.58. The van der Waals surface area contributed by atoms with Crippen molar-refractivity contribution in [3.05, 3.63) is 23.2 Å². The molecule has 0 atom stereocenters. The van der Waals surface area contributed by atoms with Gasteiger partial charge in [-0.15, -0.1) is 11.8 Å². The van der Waals surface area contributed by atoms with Gasteiger partial charge in [0.25, 0.3) is 0 Å². The summed E-state index contributed by atoms with van der Waals surface area (Å²) in [5, 5.41) is 0.744. The Hall–Kier alpha value is -0.380. The number of hydrogen-bond donors (Lipinski definition) is 1. The third-order valence-corrected chi connectivity index (χ3v) is 3.23. The van der Waals surface area contributed by atoms with Crippen LogP contribution >= 0.6 is 23.4 Å². The van der Waals surface area contributed by atoms with E-state index >= 15 is 0 Å². The predicted molar refractivity (Wildman–Crippen MR) is 65.1 cm³/mol. The first-order chi connectivity index (χ1) is 6.59. The minimum absolute atomic E-state index is 0.715. The van der Waals surface area contributed by atoms with Gasteiger partial charge < -0.3 is 10.6 Å². The molecule has 0 amide bonds. The van der Waals surface area contributed by atoms with Crippen LogP contribution in [0.3, 0.4) is 0 Å². The Labute approximate surface area is 94.4 Å². The molecule has 1 rings (SSSR count). The van der Waals surface area contributed by atoms with Crippen LogP contribution in [0, 0.1) is 0 Å². The van der Waals surface area contributed by atoms with E-state index in [9.17, 15) is 0 Å². The smallest absolute Gasteiger partial charge is 0.0562 e. The lowest BCUT2D eigenvalue weighted by Gasteiger charge is -2.09. The highest BCUT2D eigenvalue weighted by atomic mass is 35.5. The van der Waals surface area contributed by atoms with E-state index in [0.717, 1.165) is 22.2 Å². The molecule has 0 bridgehead atoms. The fourth-order valence-corrected chi connectivity index (χ4v) is 2.36. The third kappa shape index (κ3) is 3.78. The van der Waals surface area contributed by atoms with E-state index in [1.54, 1.807) is 17.8 Å². The Kier molecular flexibility index (Phi) is 4.58. The number of hydrogen-bond acceptors (Lipinski definition) is 3. The van der Waals surface area contributed by atoms with Crippen molar-refractivity contribution in [3.63, 3.8) is 0 Å². The Morgan fingerprint density at radius 1 is 1.43 bits per heavy atom. The number of rotatable bonds is 4. The first-order valence-corrected chi connectivity index (χ1v) is 5.78. The van der Waals surface area contributed by atoms with Gasteiger partial charge in [0.05, 0.1) is 5.02 Å². The molecule has 0 unspecified atom stereocenters. The molecule has 0 spiro atoms. The fraction of sp³-hybridized carbons (Fsp3) is 0.400. The average Bonchev–Trinajstić information content (AvgIpc) is 2.08. The van der Waals surface area contributed by atoms with Crippen molar-refractivity contribution in [1.82, 2.24) is 4.90 Å². The van der Waals surface area contributed by atoms with Gasteiger partial charge in [0.2, 0.25) is 0 Å². The minimum atomic E-state index is 0.715. The van der Waals surface area contributed by atoms with Gasteiger partial charge in [-0.25, -0.2) is 0 Å². The van der Waals surface area contributed by atoms with Crippen molar-refractivity contribution < 1.29 is 0 Å². The monoisotopic (exact) mass is 230 g/mol. The van der Waals surface area contributed by atoms with Gasteiger partial charge in [-0.1, -0.05) is 11.6 Å². The fourth-order valence-electron chi connectivity index (χ4n) is 0.972. The first kappa shape index (κ1) is 11.7. The van der Waals surface area contributed by atoms with Crippen molar-refractivity contribution in [2.24, 2.45) is 0 Å². The second-order valence-corrected chi connectivity index (χ2v) is 4.89. The van der Waals surface area contributed by atoms with Crippen LogP contribution in [0.5, 0.6) is 0 Å². The summed E-state index contributed by atoms with van der Waals surface area (Å²) >= 11 is 7.79. The molecule has 1 aromatic rings. The molecule has 0 saturated carbocycles. The lowest BCUT2D eigenvalue weighted by Crippen LogP contribution is -2.14. The third-order valence-electron chi connectivity index (χ3n) is 1.75. The lowest BCUT2D eigenvalue weighted by molar-refractivity contribution is 0.437. The molecule has 2 nitrogen and oxygen atoms in total. The largest absolute Gasteiger partial charge is 0.399 e. The molecule has 78 valence electrons. The Bertz CT molecular complexity index is 302. The molecule has 0 heterocycles. The van der Waals surface area contributed by atoms with Crippen molar-refractivity contribution in [1.29, 1.82) is 0 Å². The van der Waals surface area contributed by atoms with Crippen LogP contribution in [0.4, 0.5) is 5.69 Å². The number of nitrogen functional groups attached to an aromatic ring is 1. The summed E-state index contributed by atoms with van der Waals surface area (Å²) in [6.07, 6.45) is 0. The van der Waals surface area contributed by atoms with E-state index in [-0.39, 0.29) is 0 Å². The topological polar surface area (TPSA) is 29.3 Å². The van der Waals surface area contributed by atoms with Crippen molar-refractivity contribution >= 4 is 29.1 Å². The second-order valence-electron chi connectivity index (χ2n) is 3.34. The SMILES string of the molecule is CN(C)CCSc1ccc(N)cc1Cl. The van der Waals surface area contributed by atoms with Gasteiger partial charge in [0, 0.05) is 22.9 Å². The van der Waals surface area contributed by atoms with E-state index in [4.69, 9.17) is 17.3 Å². The first-order valence-electron chi connectivity index (χ1n) is 4.42. The van der Waals surface area contributed by atoms with Gasteiger partial charge in [-0.3, -0.25) is 0 Å². The van der Waals surface area contributed by atoms with E-state index in [1.807, 2.05) is 12.1 Å². The van der Waals surface area contributed by atoms with Crippen molar-refractivity contribution in [2.75, 3.05) is 32.1 Å². The zero-order valence-electron chi connectivity index (χ0n) is 8.46. The number of thioether (sulfide) groups is 1. The van der Waals surface area contributed by atoms with E-state index in [0.29, 0.717) is 5.69 Å². The summed E-state index contributed by atoms with van der Waals surface area (Å²) in [5.41, 5.74) is 6.32. The summed E-state index contributed by atoms with van der Waals surface area (Å²) < 4.78 is 0. The van der Waals surface area contributed by atoms with Gasteiger partial charge >= 0.3 is 0 Å². The highest BCUT2D eigenvalue weighted by Gasteiger charge is 2.01. The van der Waals surface area contributed by atoms with Gasteiger partial charge in [-0.2, -0.15) is 0 Å². The Morgan fingerprint density at radius 3 is 2.71 bits per heavy atom. The number of nitrogens with two attached hydrogens (primary N) is 1. The van der Waals surface area contributed by atoms with Gasteiger partial charge in [0.1, 0.15) is 0 Å². The Morgan fingerprint density at radius 2 is 2.14 bits per heavy atom. The molecular formula is C10H15ClN2S. The molecule has 0 aliphatic heterocycles. The van der Waals surface area contributed by atoms with Crippen LogP contribution in [-0.2, 0) is 0 Å². The highest BCUT2D eigenvalue weighted by Crippen LogP contribution is 2.28. The maximum absolute atomic E-state index is 6.03. The molecule has 0 fully saturated rings.